The minimum Gasteiger partial charge on any atom is -0.506 e. The first kappa shape index (κ1) is 12.1. The van der Waals surface area contributed by atoms with Gasteiger partial charge in [0, 0.05) is 18.5 Å². The Bertz CT molecular complexity index is 646. The lowest BCUT2D eigenvalue weighted by molar-refractivity contribution is 0.0686. The smallest absolute Gasteiger partial charge is 0.352 e. The van der Waals surface area contributed by atoms with Gasteiger partial charge in [-0.3, -0.25) is 0 Å². The third-order valence-electron chi connectivity index (χ3n) is 2.80. The van der Waals surface area contributed by atoms with Crippen molar-refractivity contribution in [2.24, 2.45) is 7.05 Å². The van der Waals surface area contributed by atoms with Gasteiger partial charge >= 0.3 is 5.97 Å². The average Bonchev–Trinajstić information content (AvgIpc) is 2.48. The van der Waals surface area contributed by atoms with E-state index in [-0.39, 0.29) is 21.5 Å². The van der Waals surface area contributed by atoms with Gasteiger partial charge in [0.15, 0.2) is 0 Å². The third-order valence-corrected chi connectivity index (χ3v) is 3.65. The van der Waals surface area contributed by atoms with E-state index >= 15 is 0 Å². The van der Waals surface area contributed by atoms with Gasteiger partial charge in [0.25, 0.3) is 0 Å². The van der Waals surface area contributed by atoms with Gasteiger partial charge < -0.3 is 14.8 Å². The van der Waals surface area contributed by atoms with E-state index in [1.54, 1.807) is 14.0 Å². The average molecular weight is 274 g/mol. The van der Waals surface area contributed by atoms with Crippen LogP contribution in [-0.2, 0) is 7.05 Å². The molecule has 0 aliphatic carbocycles. The molecule has 0 atom stereocenters. The van der Waals surface area contributed by atoms with E-state index in [0.29, 0.717) is 16.5 Å². The van der Waals surface area contributed by atoms with E-state index in [1.807, 2.05) is 0 Å². The summed E-state index contributed by atoms with van der Waals surface area (Å²) in [6.07, 6.45) is 0. The third kappa shape index (κ3) is 1.56. The van der Waals surface area contributed by atoms with Gasteiger partial charge in [-0.2, -0.15) is 0 Å². The number of phenols is 1. The summed E-state index contributed by atoms with van der Waals surface area (Å²) in [6.45, 7) is 1.66. The largest absolute Gasteiger partial charge is 0.506 e. The minimum absolute atomic E-state index is 0.0322. The number of phenolic OH excluding ortho intramolecular Hbond substituents is 1. The number of benzene rings is 1. The number of hydrogen-bond acceptors (Lipinski definition) is 2. The normalized spacial score (nSPS) is 11.1. The zero-order valence-corrected chi connectivity index (χ0v) is 10.6. The molecule has 17 heavy (non-hydrogen) atoms. The number of carboxylic acids is 1. The molecule has 0 spiro atoms. The zero-order valence-electron chi connectivity index (χ0n) is 9.08. The molecule has 0 radical (unpaired) electrons. The van der Waals surface area contributed by atoms with E-state index < -0.39 is 5.97 Å². The van der Waals surface area contributed by atoms with Gasteiger partial charge in [0.1, 0.15) is 16.5 Å². The Hall–Kier alpha value is -1.39. The van der Waals surface area contributed by atoms with Crippen LogP contribution >= 0.6 is 23.2 Å². The van der Waals surface area contributed by atoms with Crippen molar-refractivity contribution in [2.45, 2.75) is 6.92 Å². The van der Waals surface area contributed by atoms with Crippen LogP contribution in [0.1, 0.15) is 16.1 Å². The number of carboxylic acid groups (broad SMARTS) is 1. The van der Waals surface area contributed by atoms with E-state index in [2.05, 4.69) is 0 Å². The molecule has 4 nitrogen and oxygen atoms in total. The number of aromatic carboxylic acids is 1. The second kappa shape index (κ2) is 3.82. The Morgan fingerprint density at radius 3 is 2.47 bits per heavy atom. The number of aromatic hydroxyl groups is 1. The highest BCUT2D eigenvalue weighted by Gasteiger charge is 2.22. The molecule has 2 rings (SSSR count). The molecular weight excluding hydrogens is 265 g/mol. The SMILES string of the molecule is Cc1c(C(=O)O)n(C)c2cc(O)c(Cl)c(Cl)c12. The summed E-state index contributed by atoms with van der Waals surface area (Å²) in [5.41, 5.74) is 1.19. The summed E-state index contributed by atoms with van der Waals surface area (Å²) < 4.78 is 1.47. The molecule has 0 unspecified atom stereocenters. The fourth-order valence-electron chi connectivity index (χ4n) is 2.02. The molecule has 0 amide bonds. The number of carbonyl (C=O) groups is 1. The van der Waals surface area contributed by atoms with Gasteiger partial charge in [-0.1, -0.05) is 23.2 Å². The maximum Gasteiger partial charge on any atom is 0.352 e. The first-order chi connectivity index (χ1) is 7.86. The Labute approximate surface area is 107 Å². The van der Waals surface area contributed by atoms with Crippen LogP contribution in [0.3, 0.4) is 0 Å². The highest BCUT2D eigenvalue weighted by atomic mass is 35.5. The van der Waals surface area contributed by atoms with E-state index in [0.717, 1.165) is 0 Å². The van der Waals surface area contributed by atoms with E-state index in [9.17, 15) is 9.90 Å². The summed E-state index contributed by atoms with van der Waals surface area (Å²) >= 11 is 11.9. The number of hydrogen-bond donors (Lipinski definition) is 2. The maximum absolute atomic E-state index is 11.1. The minimum atomic E-state index is -1.05. The van der Waals surface area contributed by atoms with Crippen LogP contribution in [0, 0.1) is 6.92 Å². The topological polar surface area (TPSA) is 62.5 Å². The molecule has 90 valence electrons. The second-order valence-corrected chi connectivity index (χ2v) is 4.51. The van der Waals surface area contributed by atoms with Crippen LogP contribution in [0.2, 0.25) is 10.0 Å². The molecular formula is C11H9Cl2NO3. The predicted octanol–water partition coefficient (Wildman–Crippen LogP) is 3.20. The Morgan fingerprint density at radius 2 is 1.94 bits per heavy atom. The Balaban J connectivity index is 3.03. The summed E-state index contributed by atoms with van der Waals surface area (Å²) in [5.74, 6) is -1.21. The van der Waals surface area contributed by atoms with Crippen LogP contribution < -0.4 is 0 Å². The second-order valence-electron chi connectivity index (χ2n) is 3.76. The highest BCUT2D eigenvalue weighted by molar-refractivity contribution is 6.46. The number of rotatable bonds is 1. The monoisotopic (exact) mass is 273 g/mol. The first-order valence-electron chi connectivity index (χ1n) is 4.75. The van der Waals surface area contributed by atoms with Crippen LogP contribution in [0.5, 0.6) is 5.75 Å². The van der Waals surface area contributed by atoms with Gasteiger partial charge in [0.05, 0.1) is 10.5 Å². The lowest BCUT2D eigenvalue weighted by Gasteiger charge is -2.03. The molecule has 0 saturated heterocycles. The van der Waals surface area contributed by atoms with E-state index in [1.165, 1.54) is 10.6 Å². The van der Waals surface area contributed by atoms with Gasteiger partial charge in [-0.15, -0.1) is 0 Å². The molecule has 1 aromatic heterocycles. The van der Waals surface area contributed by atoms with E-state index in [4.69, 9.17) is 28.3 Å². The molecule has 0 bridgehead atoms. The van der Waals surface area contributed by atoms with Crippen LogP contribution in [0.15, 0.2) is 6.07 Å². The van der Waals surface area contributed by atoms with Crippen LogP contribution in [-0.4, -0.2) is 20.7 Å². The molecule has 0 aliphatic rings. The molecule has 1 aromatic carbocycles. The van der Waals surface area contributed by atoms with Crippen molar-refractivity contribution in [3.63, 3.8) is 0 Å². The molecule has 2 N–H and O–H groups in total. The molecule has 0 aliphatic heterocycles. The zero-order chi connectivity index (χ0) is 12.9. The fraction of sp³-hybridized carbons (Fsp3) is 0.182. The van der Waals surface area contributed by atoms with Gasteiger partial charge in [-0.25, -0.2) is 4.79 Å². The number of halogens is 2. The molecule has 0 saturated carbocycles. The quantitative estimate of drug-likeness (QED) is 0.839. The number of aryl methyl sites for hydroxylation is 2. The highest BCUT2D eigenvalue weighted by Crippen LogP contribution is 2.40. The number of nitrogens with zero attached hydrogens (tertiary/aromatic N) is 1. The summed E-state index contributed by atoms with van der Waals surface area (Å²) in [6, 6.07) is 1.41. The van der Waals surface area contributed by atoms with Crippen molar-refractivity contribution in [1.82, 2.24) is 4.57 Å². The number of aromatic nitrogens is 1. The molecule has 1 heterocycles. The van der Waals surface area contributed by atoms with Crippen molar-refractivity contribution in [1.29, 1.82) is 0 Å². The van der Waals surface area contributed by atoms with Crippen molar-refractivity contribution >= 4 is 40.1 Å². The van der Waals surface area contributed by atoms with Crippen LogP contribution in [0.4, 0.5) is 0 Å². The lowest BCUT2D eigenvalue weighted by Crippen LogP contribution is -2.05. The summed E-state index contributed by atoms with van der Waals surface area (Å²) in [7, 11) is 1.60. The molecule has 2 aromatic rings. The Kier molecular flexibility index (Phi) is 2.72. The molecule has 6 heteroatoms. The summed E-state index contributed by atoms with van der Waals surface area (Å²) in [5, 5.41) is 19.5. The van der Waals surface area contributed by atoms with Crippen LogP contribution in [0.25, 0.3) is 10.9 Å². The predicted molar refractivity (Wildman–Crippen MR) is 66.3 cm³/mol. The molecule has 0 fully saturated rings. The fourth-order valence-corrected chi connectivity index (χ4v) is 2.50. The first-order valence-corrected chi connectivity index (χ1v) is 5.51. The lowest BCUT2D eigenvalue weighted by atomic mass is 10.1. The van der Waals surface area contributed by atoms with Crippen molar-refractivity contribution < 1.29 is 15.0 Å². The Morgan fingerprint density at radius 1 is 1.35 bits per heavy atom. The van der Waals surface area contributed by atoms with Gasteiger partial charge in [-0.05, 0) is 12.5 Å². The van der Waals surface area contributed by atoms with Crippen molar-refractivity contribution in [3.8, 4) is 5.75 Å². The number of fused-ring (bicyclic) bond motifs is 1. The standard InChI is InChI=1S/C11H9Cl2NO3/c1-4-7-5(14(2)10(4)11(16)17)3-6(15)8(12)9(7)13/h3,15H,1-2H3,(H,16,17). The van der Waals surface area contributed by atoms with Crippen molar-refractivity contribution in [2.75, 3.05) is 0 Å². The van der Waals surface area contributed by atoms with Gasteiger partial charge in [0.2, 0.25) is 0 Å². The van der Waals surface area contributed by atoms with Crippen molar-refractivity contribution in [3.05, 3.63) is 27.4 Å². The maximum atomic E-state index is 11.1. The summed E-state index contributed by atoms with van der Waals surface area (Å²) in [4.78, 5) is 11.1.